The molecule has 1 heterocycles. The molecule has 1 aromatic carbocycles. The van der Waals surface area contributed by atoms with E-state index in [1.807, 2.05) is 0 Å². The third kappa shape index (κ3) is 2.80. The molecule has 0 radical (unpaired) electrons. The van der Waals surface area contributed by atoms with Gasteiger partial charge in [-0.3, -0.25) is 4.79 Å². The summed E-state index contributed by atoms with van der Waals surface area (Å²) in [6.45, 7) is 2.75. The zero-order valence-electron chi connectivity index (χ0n) is 10.7. The zero-order chi connectivity index (χ0) is 13.4. The predicted octanol–water partition coefficient (Wildman–Crippen LogP) is 2.46. The van der Waals surface area contributed by atoms with Crippen molar-refractivity contribution < 1.29 is 0 Å². The lowest BCUT2D eigenvalue weighted by atomic mass is 10.2. The van der Waals surface area contributed by atoms with Gasteiger partial charge >= 0.3 is 0 Å². The van der Waals surface area contributed by atoms with Crippen LogP contribution in [-0.2, 0) is 6.54 Å². The third-order valence-electron chi connectivity index (χ3n) is 3.64. The molecule has 4 nitrogen and oxygen atoms in total. The summed E-state index contributed by atoms with van der Waals surface area (Å²) in [6, 6.07) is 5.60. The van der Waals surface area contributed by atoms with Crippen molar-refractivity contribution in [2.45, 2.75) is 32.4 Å². The van der Waals surface area contributed by atoms with Crippen LogP contribution in [0.15, 0.2) is 23.0 Å². The highest BCUT2D eigenvalue weighted by Crippen LogP contribution is 2.32. The van der Waals surface area contributed by atoms with Gasteiger partial charge in [0.05, 0.1) is 17.4 Å². The molecule has 0 aliphatic heterocycles. The van der Waals surface area contributed by atoms with Gasteiger partial charge < -0.3 is 10.3 Å². The van der Waals surface area contributed by atoms with Crippen molar-refractivity contribution in [1.82, 2.24) is 15.3 Å². The van der Waals surface area contributed by atoms with Crippen LogP contribution in [0.3, 0.4) is 0 Å². The topological polar surface area (TPSA) is 57.8 Å². The summed E-state index contributed by atoms with van der Waals surface area (Å²) < 4.78 is 0. The molecule has 1 aromatic heterocycles. The van der Waals surface area contributed by atoms with E-state index in [9.17, 15) is 4.79 Å². The quantitative estimate of drug-likeness (QED) is 0.903. The van der Waals surface area contributed by atoms with Gasteiger partial charge in [-0.2, -0.15) is 0 Å². The molecular formula is C14H16ClN3O. The lowest BCUT2D eigenvalue weighted by Crippen LogP contribution is -2.29. The Morgan fingerprint density at radius 3 is 3.05 bits per heavy atom. The second-order valence-electron chi connectivity index (χ2n) is 5.18. The number of hydrogen-bond donors (Lipinski definition) is 2. The molecule has 0 amide bonds. The predicted molar refractivity (Wildman–Crippen MR) is 76.4 cm³/mol. The van der Waals surface area contributed by atoms with E-state index in [0.29, 0.717) is 34.3 Å². The van der Waals surface area contributed by atoms with Gasteiger partial charge in [0, 0.05) is 11.1 Å². The standard InChI is InChI=1S/C14H16ClN3O/c1-8(9-2-3-9)16-7-13-17-12-6-10(15)4-5-11(12)14(19)18-13/h4-6,8-9,16H,2-3,7H2,1H3,(H,17,18,19). The minimum absolute atomic E-state index is 0.113. The molecule has 3 rings (SSSR count). The molecule has 0 spiro atoms. The molecule has 1 unspecified atom stereocenters. The van der Waals surface area contributed by atoms with Crippen molar-refractivity contribution in [2.24, 2.45) is 5.92 Å². The molecule has 1 aliphatic carbocycles. The Morgan fingerprint density at radius 2 is 2.32 bits per heavy atom. The van der Waals surface area contributed by atoms with Gasteiger partial charge in [0.1, 0.15) is 5.82 Å². The molecule has 2 N–H and O–H groups in total. The van der Waals surface area contributed by atoms with E-state index in [1.165, 1.54) is 12.8 Å². The minimum Gasteiger partial charge on any atom is -0.309 e. The summed E-state index contributed by atoms with van der Waals surface area (Å²) >= 11 is 5.93. The first-order valence-electron chi connectivity index (χ1n) is 6.55. The number of nitrogens with one attached hydrogen (secondary N) is 2. The first-order valence-corrected chi connectivity index (χ1v) is 6.93. The first-order chi connectivity index (χ1) is 9.13. The second kappa shape index (κ2) is 4.94. The van der Waals surface area contributed by atoms with Crippen LogP contribution in [0.1, 0.15) is 25.6 Å². The number of halogens is 1. The Bertz CT molecular complexity index is 663. The van der Waals surface area contributed by atoms with Crippen LogP contribution in [-0.4, -0.2) is 16.0 Å². The summed E-state index contributed by atoms with van der Waals surface area (Å²) in [5.41, 5.74) is 0.532. The van der Waals surface area contributed by atoms with Crippen molar-refractivity contribution >= 4 is 22.5 Å². The fraction of sp³-hybridized carbons (Fsp3) is 0.429. The Morgan fingerprint density at radius 1 is 1.53 bits per heavy atom. The summed E-state index contributed by atoms with van der Waals surface area (Å²) in [5.74, 6) is 1.44. The number of hydrogen-bond acceptors (Lipinski definition) is 3. The monoisotopic (exact) mass is 277 g/mol. The van der Waals surface area contributed by atoms with E-state index in [2.05, 4.69) is 22.2 Å². The fourth-order valence-electron chi connectivity index (χ4n) is 2.27. The van der Waals surface area contributed by atoms with E-state index >= 15 is 0 Å². The van der Waals surface area contributed by atoms with Gasteiger partial charge in [-0.25, -0.2) is 4.98 Å². The summed E-state index contributed by atoms with van der Waals surface area (Å²) in [4.78, 5) is 19.2. The van der Waals surface area contributed by atoms with Gasteiger partial charge in [0.15, 0.2) is 0 Å². The van der Waals surface area contributed by atoms with Crippen LogP contribution in [0.4, 0.5) is 0 Å². The molecule has 100 valence electrons. The van der Waals surface area contributed by atoms with Gasteiger partial charge in [0.2, 0.25) is 0 Å². The first kappa shape index (κ1) is 12.6. The molecule has 0 bridgehead atoms. The maximum absolute atomic E-state index is 11.9. The highest BCUT2D eigenvalue weighted by Gasteiger charge is 2.27. The highest BCUT2D eigenvalue weighted by atomic mass is 35.5. The minimum atomic E-state index is -0.113. The Labute approximate surface area is 116 Å². The number of aromatic nitrogens is 2. The molecule has 2 aromatic rings. The van der Waals surface area contributed by atoms with Crippen molar-refractivity contribution in [3.8, 4) is 0 Å². The number of aromatic amines is 1. The smallest absolute Gasteiger partial charge is 0.258 e. The third-order valence-corrected chi connectivity index (χ3v) is 3.87. The summed E-state index contributed by atoms with van der Waals surface area (Å²) in [5, 5.41) is 4.57. The van der Waals surface area contributed by atoms with E-state index in [4.69, 9.17) is 11.6 Å². The molecule has 1 aliphatic rings. The van der Waals surface area contributed by atoms with E-state index < -0.39 is 0 Å². The second-order valence-corrected chi connectivity index (χ2v) is 5.62. The van der Waals surface area contributed by atoms with Gasteiger partial charge in [-0.1, -0.05) is 11.6 Å². The zero-order valence-corrected chi connectivity index (χ0v) is 11.5. The molecule has 19 heavy (non-hydrogen) atoms. The molecule has 1 atom stereocenters. The number of fused-ring (bicyclic) bond motifs is 1. The van der Waals surface area contributed by atoms with Crippen LogP contribution < -0.4 is 10.9 Å². The van der Waals surface area contributed by atoms with Crippen molar-refractivity contribution in [1.29, 1.82) is 0 Å². The maximum atomic E-state index is 11.9. The van der Waals surface area contributed by atoms with Crippen LogP contribution in [0.25, 0.3) is 10.9 Å². The van der Waals surface area contributed by atoms with Crippen LogP contribution in [0.5, 0.6) is 0 Å². The molecule has 1 fully saturated rings. The Balaban J connectivity index is 1.85. The normalized spacial score (nSPS) is 16.7. The lowest BCUT2D eigenvalue weighted by Gasteiger charge is -2.12. The SMILES string of the molecule is CC(NCc1nc2cc(Cl)ccc2c(=O)[nH]1)C1CC1. The van der Waals surface area contributed by atoms with Crippen molar-refractivity contribution in [2.75, 3.05) is 0 Å². The summed E-state index contributed by atoms with van der Waals surface area (Å²) in [6.07, 6.45) is 2.59. The van der Waals surface area contributed by atoms with Crippen molar-refractivity contribution in [3.05, 3.63) is 39.4 Å². The highest BCUT2D eigenvalue weighted by molar-refractivity contribution is 6.31. The van der Waals surface area contributed by atoms with Crippen LogP contribution in [0, 0.1) is 5.92 Å². The van der Waals surface area contributed by atoms with E-state index in [0.717, 1.165) is 5.92 Å². The number of rotatable bonds is 4. The van der Waals surface area contributed by atoms with Gasteiger partial charge in [-0.15, -0.1) is 0 Å². The van der Waals surface area contributed by atoms with Crippen LogP contribution >= 0.6 is 11.6 Å². The summed E-state index contributed by atoms with van der Waals surface area (Å²) in [7, 11) is 0. The van der Waals surface area contributed by atoms with Gasteiger partial charge in [-0.05, 0) is 43.9 Å². The van der Waals surface area contributed by atoms with E-state index in [1.54, 1.807) is 18.2 Å². The average molecular weight is 278 g/mol. The molecule has 0 saturated heterocycles. The Hall–Kier alpha value is -1.39. The largest absolute Gasteiger partial charge is 0.309 e. The fourth-order valence-corrected chi connectivity index (χ4v) is 2.43. The van der Waals surface area contributed by atoms with E-state index in [-0.39, 0.29) is 5.56 Å². The Kier molecular flexibility index (Phi) is 3.29. The maximum Gasteiger partial charge on any atom is 0.258 e. The lowest BCUT2D eigenvalue weighted by molar-refractivity contribution is 0.487. The molecular weight excluding hydrogens is 262 g/mol. The number of nitrogens with zero attached hydrogens (tertiary/aromatic N) is 1. The number of H-pyrrole nitrogens is 1. The van der Waals surface area contributed by atoms with Gasteiger partial charge in [0.25, 0.3) is 5.56 Å². The molecule has 5 heteroatoms. The average Bonchev–Trinajstić information content (AvgIpc) is 3.19. The number of benzene rings is 1. The van der Waals surface area contributed by atoms with Crippen molar-refractivity contribution in [3.63, 3.8) is 0 Å². The molecule has 1 saturated carbocycles. The van der Waals surface area contributed by atoms with Crippen LogP contribution in [0.2, 0.25) is 5.02 Å².